The molecule has 1 aromatic rings. The predicted octanol–water partition coefficient (Wildman–Crippen LogP) is 1.72. The Kier molecular flexibility index (Phi) is 5.96. The number of nitrogens with two attached hydrogens (primary N) is 1. The maximum absolute atomic E-state index is 13.7. The van der Waals surface area contributed by atoms with Crippen molar-refractivity contribution in [3.05, 3.63) is 29.1 Å². The van der Waals surface area contributed by atoms with Gasteiger partial charge in [0.05, 0.1) is 4.90 Å². The Morgan fingerprint density at radius 1 is 1.43 bits per heavy atom. The van der Waals surface area contributed by atoms with Gasteiger partial charge in [0.15, 0.2) is 0 Å². The van der Waals surface area contributed by atoms with Crippen LogP contribution in [0.3, 0.4) is 0 Å². The van der Waals surface area contributed by atoms with Gasteiger partial charge in [-0.25, -0.2) is 17.5 Å². The summed E-state index contributed by atoms with van der Waals surface area (Å²) in [6.07, 6.45) is 0. The second-order valence-electron chi connectivity index (χ2n) is 4.84. The van der Waals surface area contributed by atoms with Crippen molar-refractivity contribution in [3.63, 3.8) is 0 Å². The Balaban J connectivity index is 2.13. The fraction of sp³-hybridized carbons (Fsp3) is 0.538. The van der Waals surface area contributed by atoms with Crippen LogP contribution >= 0.6 is 23.5 Å². The number of hydrogen-bond acceptors (Lipinski definition) is 5. The summed E-state index contributed by atoms with van der Waals surface area (Å²) in [4.78, 5) is 0.0790. The summed E-state index contributed by atoms with van der Waals surface area (Å²) in [5.41, 5.74) is 5.97. The van der Waals surface area contributed by atoms with Gasteiger partial charge >= 0.3 is 0 Å². The lowest BCUT2D eigenvalue weighted by molar-refractivity contribution is 0.578. The molecule has 0 amide bonds. The van der Waals surface area contributed by atoms with Crippen molar-refractivity contribution in [1.29, 1.82) is 0 Å². The lowest BCUT2D eigenvalue weighted by Crippen LogP contribution is -2.33. The van der Waals surface area contributed by atoms with E-state index in [0.717, 1.165) is 17.3 Å². The Morgan fingerprint density at radius 2 is 2.19 bits per heavy atom. The topological polar surface area (TPSA) is 72.2 Å². The van der Waals surface area contributed by atoms with E-state index in [-0.39, 0.29) is 22.3 Å². The molecule has 1 fully saturated rings. The molecular formula is C13H19FN2O2S3. The van der Waals surface area contributed by atoms with E-state index in [1.807, 2.05) is 11.8 Å². The van der Waals surface area contributed by atoms with Crippen molar-refractivity contribution < 1.29 is 12.8 Å². The molecule has 0 aliphatic carbocycles. The van der Waals surface area contributed by atoms with Crippen LogP contribution in [0.15, 0.2) is 17.0 Å². The van der Waals surface area contributed by atoms with Crippen LogP contribution in [0.25, 0.3) is 0 Å². The molecule has 1 saturated heterocycles. The standard InChI is InChI=1S/C13H19FN2O2S3/c1-9-4-12(5-10(6-15)13(9)14)21(17,18)16-7-11-8-19-2-3-20-11/h4-5,11,16H,2-3,6-8,15H2,1H3. The maximum Gasteiger partial charge on any atom is 0.240 e. The van der Waals surface area contributed by atoms with E-state index < -0.39 is 15.8 Å². The number of thioether (sulfide) groups is 2. The second-order valence-corrected chi connectivity index (χ2v) is 9.16. The van der Waals surface area contributed by atoms with E-state index in [2.05, 4.69) is 4.72 Å². The van der Waals surface area contributed by atoms with Crippen LogP contribution < -0.4 is 10.5 Å². The summed E-state index contributed by atoms with van der Waals surface area (Å²) < 4.78 is 41.0. The molecule has 8 heteroatoms. The molecule has 4 nitrogen and oxygen atoms in total. The second kappa shape index (κ2) is 7.32. The van der Waals surface area contributed by atoms with Gasteiger partial charge < -0.3 is 5.73 Å². The normalized spacial score (nSPS) is 19.7. The van der Waals surface area contributed by atoms with Crippen molar-refractivity contribution in [2.45, 2.75) is 23.6 Å². The summed E-state index contributed by atoms with van der Waals surface area (Å²) in [5, 5.41) is 0.286. The van der Waals surface area contributed by atoms with Crippen molar-refractivity contribution in [2.24, 2.45) is 5.73 Å². The van der Waals surface area contributed by atoms with Crippen LogP contribution in [0.1, 0.15) is 11.1 Å². The fourth-order valence-electron chi connectivity index (χ4n) is 2.05. The number of nitrogens with one attached hydrogen (secondary N) is 1. The fourth-order valence-corrected chi connectivity index (χ4v) is 5.98. The zero-order valence-corrected chi connectivity index (χ0v) is 14.2. The van der Waals surface area contributed by atoms with Crippen molar-refractivity contribution in [2.75, 3.05) is 23.8 Å². The van der Waals surface area contributed by atoms with Crippen LogP contribution in [-0.2, 0) is 16.6 Å². The molecule has 0 bridgehead atoms. The van der Waals surface area contributed by atoms with Gasteiger partial charge in [0, 0.05) is 41.2 Å². The predicted molar refractivity (Wildman–Crippen MR) is 87.8 cm³/mol. The summed E-state index contributed by atoms with van der Waals surface area (Å²) in [5.74, 6) is 2.68. The van der Waals surface area contributed by atoms with Crippen LogP contribution in [0.2, 0.25) is 0 Å². The summed E-state index contributed by atoms with van der Waals surface area (Å²) in [6, 6.07) is 2.66. The van der Waals surface area contributed by atoms with E-state index >= 15 is 0 Å². The molecule has 1 aromatic carbocycles. The average Bonchev–Trinajstić information content (AvgIpc) is 2.49. The molecule has 1 heterocycles. The van der Waals surface area contributed by atoms with Crippen molar-refractivity contribution in [1.82, 2.24) is 4.72 Å². The molecule has 1 unspecified atom stereocenters. The van der Waals surface area contributed by atoms with Gasteiger partial charge in [-0.1, -0.05) is 0 Å². The van der Waals surface area contributed by atoms with Gasteiger partial charge in [0.1, 0.15) is 5.82 Å². The van der Waals surface area contributed by atoms with Gasteiger partial charge in [-0.3, -0.25) is 0 Å². The Morgan fingerprint density at radius 3 is 2.81 bits per heavy atom. The summed E-state index contributed by atoms with van der Waals surface area (Å²) >= 11 is 3.62. The molecule has 0 saturated carbocycles. The van der Waals surface area contributed by atoms with Gasteiger partial charge in [-0.05, 0) is 24.6 Å². The lowest BCUT2D eigenvalue weighted by atomic mass is 10.1. The quantitative estimate of drug-likeness (QED) is 0.846. The molecule has 1 atom stereocenters. The first-order valence-electron chi connectivity index (χ1n) is 6.62. The monoisotopic (exact) mass is 350 g/mol. The van der Waals surface area contributed by atoms with E-state index in [4.69, 9.17) is 5.73 Å². The number of hydrogen-bond donors (Lipinski definition) is 2. The van der Waals surface area contributed by atoms with Crippen LogP contribution in [-0.4, -0.2) is 37.5 Å². The number of rotatable bonds is 5. The molecule has 118 valence electrons. The van der Waals surface area contributed by atoms with Crippen LogP contribution in [0.5, 0.6) is 0 Å². The molecule has 21 heavy (non-hydrogen) atoms. The SMILES string of the molecule is Cc1cc(S(=O)(=O)NCC2CSCCS2)cc(CN)c1F. The van der Waals surface area contributed by atoms with Crippen LogP contribution in [0.4, 0.5) is 4.39 Å². The highest BCUT2D eigenvalue weighted by atomic mass is 32.2. The minimum absolute atomic E-state index is 0.0227. The third-order valence-electron chi connectivity index (χ3n) is 3.22. The largest absolute Gasteiger partial charge is 0.326 e. The zero-order valence-electron chi connectivity index (χ0n) is 11.8. The van der Waals surface area contributed by atoms with E-state index in [9.17, 15) is 12.8 Å². The molecule has 2 rings (SSSR count). The molecule has 0 radical (unpaired) electrons. The van der Waals surface area contributed by atoms with E-state index in [1.165, 1.54) is 12.1 Å². The van der Waals surface area contributed by atoms with Crippen molar-refractivity contribution in [3.8, 4) is 0 Å². The highest BCUT2D eigenvalue weighted by Gasteiger charge is 2.21. The average molecular weight is 351 g/mol. The first-order valence-corrected chi connectivity index (χ1v) is 10.3. The van der Waals surface area contributed by atoms with Gasteiger partial charge in [-0.2, -0.15) is 23.5 Å². The highest BCUT2D eigenvalue weighted by molar-refractivity contribution is 8.06. The van der Waals surface area contributed by atoms with E-state index in [1.54, 1.807) is 18.7 Å². The lowest BCUT2D eigenvalue weighted by Gasteiger charge is -2.21. The maximum atomic E-state index is 13.7. The molecule has 1 aliphatic rings. The minimum atomic E-state index is -3.63. The first kappa shape index (κ1) is 17.1. The third kappa shape index (κ3) is 4.35. The Labute approximate surface area is 133 Å². The molecule has 0 spiro atoms. The van der Waals surface area contributed by atoms with Crippen LogP contribution in [0, 0.1) is 12.7 Å². The molecule has 3 N–H and O–H groups in total. The number of benzene rings is 1. The highest BCUT2D eigenvalue weighted by Crippen LogP contribution is 2.24. The first-order chi connectivity index (χ1) is 9.94. The Bertz CT molecular complexity index is 602. The van der Waals surface area contributed by atoms with Gasteiger partial charge in [-0.15, -0.1) is 0 Å². The number of aryl methyl sites for hydroxylation is 1. The third-order valence-corrected chi connectivity index (χ3v) is 7.47. The smallest absolute Gasteiger partial charge is 0.240 e. The zero-order chi connectivity index (χ0) is 15.5. The van der Waals surface area contributed by atoms with Gasteiger partial charge in [0.2, 0.25) is 10.0 Å². The number of halogens is 1. The summed E-state index contributed by atoms with van der Waals surface area (Å²) in [7, 11) is -3.63. The minimum Gasteiger partial charge on any atom is -0.326 e. The molecular weight excluding hydrogens is 331 g/mol. The summed E-state index contributed by atoms with van der Waals surface area (Å²) in [6.45, 7) is 1.92. The molecule has 1 aliphatic heterocycles. The Hall–Kier alpha value is -0.280. The molecule has 0 aromatic heterocycles. The van der Waals surface area contributed by atoms with Crippen molar-refractivity contribution >= 4 is 33.5 Å². The van der Waals surface area contributed by atoms with E-state index in [0.29, 0.717) is 12.1 Å². The number of sulfonamides is 1. The van der Waals surface area contributed by atoms with Gasteiger partial charge in [0.25, 0.3) is 0 Å².